The average Bonchev–Trinajstić information content (AvgIpc) is 2.79. The van der Waals surface area contributed by atoms with E-state index in [-0.39, 0.29) is 0 Å². The van der Waals surface area contributed by atoms with E-state index in [0.29, 0.717) is 29.2 Å². The summed E-state index contributed by atoms with van der Waals surface area (Å²) in [7, 11) is 0. The molecule has 0 radical (unpaired) electrons. The van der Waals surface area contributed by atoms with Gasteiger partial charge in [0.05, 0.1) is 17.8 Å². The Morgan fingerprint density at radius 3 is 2.48 bits per heavy atom. The van der Waals surface area contributed by atoms with Crippen LogP contribution in [0.4, 0.5) is 5.69 Å². The Morgan fingerprint density at radius 1 is 1.03 bits per heavy atom. The largest absolute Gasteiger partial charge is 0.489 e. The molecular formula is C24H20N4O3. The van der Waals surface area contributed by atoms with Crippen molar-refractivity contribution in [3.63, 3.8) is 0 Å². The van der Waals surface area contributed by atoms with Gasteiger partial charge in [0.25, 0.3) is 0 Å². The Kier molecular flexibility index (Phi) is 7.12. The van der Waals surface area contributed by atoms with Crippen LogP contribution in [0, 0.1) is 18.3 Å². The number of aryl methyl sites for hydroxylation is 1. The number of rotatable bonds is 6. The van der Waals surface area contributed by atoms with Crippen LogP contribution in [0.15, 0.2) is 77.9 Å². The van der Waals surface area contributed by atoms with Gasteiger partial charge in [-0.1, -0.05) is 42.0 Å². The highest BCUT2D eigenvalue weighted by Gasteiger charge is 2.12. The van der Waals surface area contributed by atoms with E-state index in [0.717, 1.165) is 5.56 Å². The van der Waals surface area contributed by atoms with Crippen LogP contribution >= 0.6 is 0 Å². The van der Waals surface area contributed by atoms with Gasteiger partial charge in [0.15, 0.2) is 0 Å². The number of carbonyl (C=O) groups is 2. The van der Waals surface area contributed by atoms with Crippen molar-refractivity contribution >= 4 is 23.7 Å². The number of amides is 2. The third-order valence-corrected chi connectivity index (χ3v) is 4.24. The lowest BCUT2D eigenvalue weighted by Crippen LogP contribution is -2.32. The van der Waals surface area contributed by atoms with E-state index < -0.39 is 11.8 Å². The zero-order valence-corrected chi connectivity index (χ0v) is 16.8. The van der Waals surface area contributed by atoms with Crippen molar-refractivity contribution in [3.8, 4) is 11.8 Å². The highest BCUT2D eigenvalue weighted by atomic mass is 16.5. The van der Waals surface area contributed by atoms with E-state index in [2.05, 4.69) is 15.8 Å². The van der Waals surface area contributed by atoms with Gasteiger partial charge in [-0.3, -0.25) is 9.59 Å². The summed E-state index contributed by atoms with van der Waals surface area (Å²) in [5.41, 5.74) is 5.99. The quantitative estimate of drug-likeness (QED) is 0.367. The first-order valence-electron chi connectivity index (χ1n) is 9.46. The van der Waals surface area contributed by atoms with Crippen LogP contribution < -0.4 is 15.5 Å². The van der Waals surface area contributed by atoms with E-state index in [1.54, 1.807) is 24.3 Å². The van der Waals surface area contributed by atoms with E-state index in [4.69, 9.17) is 10.00 Å². The second-order valence-corrected chi connectivity index (χ2v) is 6.69. The van der Waals surface area contributed by atoms with E-state index >= 15 is 0 Å². The lowest BCUT2D eigenvalue weighted by Gasteiger charge is -2.07. The van der Waals surface area contributed by atoms with Crippen molar-refractivity contribution in [2.75, 3.05) is 5.32 Å². The summed E-state index contributed by atoms with van der Waals surface area (Å²) >= 11 is 0. The molecule has 0 aliphatic rings. The molecular weight excluding hydrogens is 392 g/mol. The maximum atomic E-state index is 11.9. The second kappa shape index (κ2) is 10.4. The molecule has 154 valence electrons. The van der Waals surface area contributed by atoms with Crippen molar-refractivity contribution < 1.29 is 14.3 Å². The lowest BCUT2D eigenvalue weighted by atomic mass is 10.2. The minimum Gasteiger partial charge on any atom is -0.489 e. The molecule has 0 saturated heterocycles. The lowest BCUT2D eigenvalue weighted by molar-refractivity contribution is -0.136. The van der Waals surface area contributed by atoms with Crippen molar-refractivity contribution in [3.05, 3.63) is 95.1 Å². The van der Waals surface area contributed by atoms with E-state index in [9.17, 15) is 9.59 Å². The summed E-state index contributed by atoms with van der Waals surface area (Å²) in [5.74, 6) is -1.11. The number of nitrogens with one attached hydrogen (secondary N) is 2. The van der Waals surface area contributed by atoms with Gasteiger partial charge in [-0.25, -0.2) is 5.43 Å². The fourth-order valence-corrected chi connectivity index (χ4v) is 2.57. The number of nitrogens with zero attached hydrogens (tertiary/aromatic N) is 2. The van der Waals surface area contributed by atoms with Gasteiger partial charge in [-0.15, -0.1) is 0 Å². The summed E-state index contributed by atoms with van der Waals surface area (Å²) in [6.45, 7) is 2.47. The monoisotopic (exact) mass is 412 g/mol. The molecule has 2 N–H and O–H groups in total. The smallest absolute Gasteiger partial charge is 0.329 e. The maximum absolute atomic E-state index is 11.9. The summed E-state index contributed by atoms with van der Waals surface area (Å²) in [6, 6.07) is 23.4. The predicted molar refractivity (Wildman–Crippen MR) is 117 cm³/mol. The molecule has 0 saturated carbocycles. The van der Waals surface area contributed by atoms with Gasteiger partial charge < -0.3 is 10.1 Å². The Hall–Kier alpha value is -4.44. The molecule has 0 heterocycles. The van der Waals surface area contributed by atoms with Crippen molar-refractivity contribution in [1.82, 2.24) is 5.43 Å². The molecule has 0 aliphatic heterocycles. The first kappa shape index (κ1) is 21.3. The molecule has 7 nitrogen and oxygen atoms in total. The van der Waals surface area contributed by atoms with Gasteiger partial charge in [0, 0.05) is 5.69 Å². The number of benzene rings is 3. The molecule has 0 spiro atoms. The average molecular weight is 412 g/mol. The summed E-state index contributed by atoms with van der Waals surface area (Å²) in [5, 5.41) is 15.0. The van der Waals surface area contributed by atoms with Crippen molar-refractivity contribution in [2.24, 2.45) is 5.10 Å². The molecule has 3 aromatic rings. The number of anilines is 1. The number of carbonyl (C=O) groups excluding carboxylic acids is 2. The Balaban J connectivity index is 1.50. The topological polar surface area (TPSA) is 104 Å². The standard InChI is InChI=1S/C24H20N4O3/c1-17-5-7-19(8-6-17)16-31-22-4-2-3-20(13-22)15-26-28-24(30)23(29)27-21-11-9-18(14-25)10-12-21/h2-13,15H,16H2,1H3,(H,27,29)(H,28,30). The molecule has 3 rings (SSSR count). The third-order valence-electron chi connectivity index (χ3n) is 4.24. The first-order valence-corrected chi connectivity index (χ1v) is 9.46. The van der Waals surface area contributed by atoms with Crippen LogP contribution in [0.5, 0.6) is 5.75 Å². The molecule has 7 heteroatoms. The maximum Gasteiger partial charge on any atom is 0.329 e. The first-order chi connectivity index (χ1) is 15.0. The summed E-state index contributed by atoms with van der Waals surface area (Å²) < 4.78 is 5.79. The van der Waals surface area contributed by atoms with Gasteiger partial charge in [0.2, 0.25) is 0 Å². The number of ether oxygens (including phenoxy) is 1. The molecule has 0 atom stereocenters. The Morgan fingerprint density at radius 2 is 1.77 bits per heavy atom. The fourth-order valence-electron chi connectivity index (χ4n) is 2.57. The van der Waals surface area contributed by atoms with Crippen LogP contribution in [-0.4, -0.2) is 18.0 Å². The number of hydrogen-bond acceptors (Lipinski definition) is 5. The molecule has 0 aliphatic carbocycles. The van der Waals surface area contributed by atoms with Crippen LogP contribution in [0.3, 0.4) is 0 Å². The number of hydrogen-bond donors (Lipinski definition) is 2. The number of nitriles is 1. The zero-order valence-electron chi connectivity index (χ0n) is 16.8. The molecule has 0 fully saturated rings. The minimum absolute atomic E-state index is 0.404. The van der Waals surface area contributed by atoms with Gasteiger partial charge in [0.1, 0.15) is 12.4 Å². The SMILES string of the molecule is Cc1ccc(COc2cccc(C=NNC(=O)C(=O)Nc3ccc(C#N)cc3)c2)cc1. The van der Waals surface area contributed by atoms with Crippen molar-refractivity contribution in [2.45, 2.75) is 13.5 Å². The van der Waals surface area contributed by atoms with E-state index in [1.807, 2.05) is 49.4 Å². The van der Waals surface area contributed by atoms with Crippen molar-refractivity contribution in [1.29, 1.82) is 5.26 Å². The molecule has 0 bridgehead atoms. The van der Waals surface area contributed by atoms with Crippen LogP contribution in [0.2, 0.25) is 0 Å². The Bertz CT molecular complexity index is 1130. The highest BCUT2D eigenvalue weighted by Crippen LogP contribution is 2.14. The molecule has 0 unspecified atom stereocenters. The second-order valence-electron chi connectivity index (χ2n) is 6.69. The third kappa shape index (κ3) is 6.54. The highest BCUT2D eigenvalue weighted by molar-refractivity contribution is 6.39. The minimum atomic E-state index is -0.910. The van der Waals surface area contributed by atoms with Crippen LogP contribution in [0.25, 0.3) is 0 Å². The van der Waals surface area contributed by atoms with E-state index in [1.165, 1.54) is 23.9 Å². The van der Waals surface area contributed by atoms with Crippen LogP contribution in [0.1, 0.15) is 22.3 Å². The normalized spacial score (nSPS) is 10.3. The van der Waals surface area contributed by atoms with Gasteiger partial charge in [-0.2, -0.15) is 10.4 Å². The van der Waals surface area contributed by atoms with Crippen LogP contribution in [-0.2, 0) is 16.2 Å². The molecule has 0 aromatic heterocycles. The number of hydrazone groups is 1. The fraction of sp³-hybridized carbons (Fsp3) is 0.0833. The van der Waals surface area contributed by atoms with Gasteiger partial charge in [-0.05, 0) is 54.4 Å². The van der Waals surface area contributed by atoms with Gasteiger partial charge >= 0.3 is 11.8 Å². The predicted octanol–water partition coefficient (Wildman–Crippen LogP) is 3.53. The zero-order chi connectivity index (χ0) is 22.1. The summed E-state index contributed by atoms with van der Waals surface area (Å²) in [4.78, 5) is 23.8. The Labute approximate surface area is 180 Å². The molecule has 3 aromatic carbocycles. The molecule has 2 amide bonds. The summed E-state index contributed by atoms with van der Waals surface area (Å²) in [6.07, 6.45) is 1.42. The molecule has 31 heavy (non-hydrogen) atoms.